The molecule has 150 valence electrons. The van der Waals surface area contributed by atoms with Crippen molar-refractivity contribution in [1.29, 1.82) is 0 Å². The van der Waals surface area contributed by atoms with E-state index in [0.29, 0.717) is 12.0 Å². The minimum absolute atomic E-state index is 0.0595. The molecule has 0 saturated carbocycles. The highest BCUT2D eigenvalue weighted by Gasteiger charge is 2.15. The van der Waals surface area contributed by atoms with E-state index < -0.39 is 0 Å². The Morgan fingerprint density at radius 1 is 1.21 bits per heavy atom. The molecule has 6 heteroatoms. The summed E-state index contributed by atoms with van der Waals surface area (Å²) in [5.41, 5.74) is 9.19. The van der Waals surface area contributed by atoms with Gasteiger partial charge in [-0.05, 0) is 47.7 Å². The molecule has 0 radical (unpaired) electrons. The van der Waals surface area contributed by atoms with Crippen molar-refractivity contribution in [1.82, 2.24) is 4.57 Å². The SMILES string of the molecule is CCCOc1ccc(S)cc1-c1cn(C)c(=O)c2ccc(C(C=NC)=CN)cc12. The van der Waals surface area contributed by atoms with Crippen LogP contribution in [0.5, 0.6) is 5.75 Å². The number of thiol groups is 1. The molecular weight excluding hydrogens is 382 g/mol. The number of hydrogen-bond donors (Lipinski definition) is 2. The Bertz CT molecular complexity index is 1160. The normalized spacial score (nSPS) is 12.1. The zero-order valence-electron chi connectivity index (χ0n) is 16.8. The lowest BCUT2D eigenvalue weighted by molar-refractivity contribution is 0.318. The van der Waals surface area contributed by atoms with Crippen LogP contribution >= 0.6 is 12.6 Å². The number of hydrogen-bond acceptors (Lipinski definition) is 5. The van der Waals surface area contributed by atoms with Crippen LogP contribution in [0.4, 0.5) is 0 Å². The third-order valence-corrected chi connectivity index (χ3v) is 4.96. The van der Waals surface area contributed by atoms with E-state index in [9.17, 15) is 4.79 Å². The van der Waals surface area contributed by atoms with Crippen molar-refractivity contribution >= 4 is 35.2 Å². The Hall–Kier alpha value is -2.99. The number of fused-ring (bicyclic) bond motifs is 1. The summed E-state index contributed by atoms with van der Waals surface area (Å²) in [4.78, 5) is 17.7. The highest BCUT2D eigenvalue weighted by Crippen LogP contribution is 2.36. The van der Waals surface area contributed by atoms with Crippen LogP contribution in [0, 0.1) is 0 Å². The van der Waals surface area contributed by atoms with Gasteiger partial charge in [0.05, 0.1) is 6.61 Å². The second-order valence-electron chi connectivity index (χ2n) is 6.76. The zero-order valence-corrected chi connectivity index (χ0v) is 17.7. The molecule has 0 bridgehead atoms. The first-order valence-corrected chi connectivity index (χ1v) is 9.88. The maximum Gasteiger partial charge on any atom is 0.258 e. The number of rotatable bonds is 6. The van der Waals surface area contributed by atoms with Gasteiger partial charge in [0.2, 0.25) is 0 Å². The van der Waals surface area contributed by atoms with E-state index in [-0.39, 0.29) is 5.56 Å². The Balaban J connectivity index is 2.34. The van der Waals surface area contributed by atoms with Crippen LogP contribution < -0.4 is 16.0 Å². The summed E-state index contributed by atoms with van der Waals surface area (Å²) < 4.78 is 7.57. The highest BCUT2D eigenvalue weighted by atomic mass is 32.1. The van der Waals surface area contributed by atoms with E-state index >= 15 is 0 Å². The fraction of sp³-hybridized carbons (Fsp3) is 0.217. The van der Waals surface area contributed by atoms with Crippen molar-refractivity contribution in [2.45, 2.75) is 18.2 Å². The van der Waals surface area contributed by atoms with Crippen molar-refractivity contribution < 1.29 is 4.74 Å². The van der Waals surface area contributed by atoms with Crippen LogP contribution in [0.1, 0.15) is 18.9 Å². The van der Waals surface area contributed by atoms with Gasteiger partial charge >= 0.3 is 0 Å². The van der Waals surface area contributed by atoms with E-state index in [4.69, 9.17) is 10.5 Å². The lowest BCUT2D eigenvalue weighted by Gasteiger charge is -2.16. The number of allylic oxidation sites excluding steroid dienone is 1. The molecule has 1 heterocycles. The van der Waals surface area contributed by atoms with Crippen LogP contribution in [-0.4, -0.2) is 24.4 Å². The Morgan fingerprint density at radius 2 is 2.00 bits per heavy atom. The molecule has 0 fully saturated rings. The van der Waals surface area contributed by atoms with Gasteiger partial charge in [-0.3, -0.25) is 9.79 Å². The van der Waals surface area contributed by atoms with Crippen LogP contribution in [0.2, 0.25) is 0 Å². The van der Waals surface area contributed by atoms with Crippen LogP contribution in [0.3, 0.4) is 0 Å². The number of aryl methyl sites for hydroxylation is 1. The highest BCUT2D eigenvalue weighted by molar-refractivity contribution is 7.80. The molecule has 0 aliphatic carbocycles. The zero-order chi connectivity index (χ0) is 21.0. The van der Waals surface area contributed by atoms with E-state index in [1.165, 1.54) is 6.20 Å². The van der Waals surface area contributed by atoms with E-state index in [1.54, 1.807) is 24.9 Å². The molecule has 3 rings (SSSR count). The molecular formula is C23H25N3O2S. The fourth-order valence-corrected chi connectivity index (χ4v) is 3.48. The molecule has 29 heavy (non-hydrogen) atoms. The van der Waals surface area contributed by atoms with Gasteiger partial charge in [-0.2, -0.15) is 0 Å². The summed E-state index contributed by atoms with van der Waals surface area (Å²) >= 11 is 4.51. The fourth-order valence-electron chi connectivity index (χ4n) is 3.28. The number of benzene rings is 2. The molecule has 0 spiro atoms. The standard InChI is InChI=1S/C23H25N3O2S/c1-4-9-28-22-8-6-17(29)11-20(22)21-14-26(3)23(27)18-7-5-15(10-19(18)21)16(12-24)13-25-2/h5-8,10-14,29H,4,9,24H2,1-3H3. The quantitative estimate of drug-likeness (QED) is 0.473. The molecule has 0 aliphatic heterocycles. The van der Waals surface area contributed by atoms with Gasteiger partial charge in [-0.25, -0.2) is 0 Å². The molecule has 0 saturated heterocycles. The van der Waals surface area contributed by atoms with Crippen molar-refractivity contribution in [2.24, 2.45) is 17.8 Å². The van der Waals surface area contributed by atoms with Crippen LogP contribution in [0.25, 0.3) is 27.5 Å². The van der Waals surface area contributed by atoms with Crippen molar-refractivity contribution in [3.05, 3.63) is 64.7 Å². The lowest BCUT2D eigenvalue weighted by Crippen LogP contribution is -2.16. The van der Waals surface area contributed by atoms with E-state index in [2.05, 4.69) is 24.5 Å². The number of aliphatic imine (C=N–C) groups is 1. The van der Waals surface area contributed by atoms with Gasteiger partial charge < -0.3 is 15.0 Å². The van der Waals surface area contributed by atoms with Gasteiger partial charge in [0.15, 0.2) is 0 Å². The number of pyridine rings is 1. The third kappa shape index (κ3) is 4.22. The van der Waals surface area contributed by atoms with Crippen molar-refractivity contribution in [2.75, 3.05) is 13.7 Å². The summed E-state index contributed by atoms with van der Waals surface area (Å²) in [6.07, 6.45) is 5.96. The van der Waals surface area contributed by atoms with E-state index in [1.807, 2.05) is 42.6 Å². The minimum Gasteiger partial charge on any atom is -0.493 e. The summed E-state index contributed by atoms with van der Waals surface area (Å²) in [5, 5.41) is 1.46. The van der Waals surface area contributed by atoms with Crippen LogP contribution in [0.15, 0.2) is 63.5 Å². The average molecular weight is 408 g/mol. The van der Waals surface area contributed by atoms with Gasteiger partial charge in [0.25, 0.3) is 5.56 Å². The number of ether oxygens (including phenoxy) is 1. The van der Waals surface area contributed by atoms with Crippen molar-refractivity contribution in [3.63, 3.8) is 0 Å². The monoisotopic (exact) mass is 407 g/mol. The minimum atomic E-state index is -0.0595. The Labute approximate surface area is 175 Å². The second kappa shape index (κ2) is 9.01. The summed E-state index contributed by atoms with van der Waals surface area (Å²) in [7, 11) is 3.45. The smallest absolute Gasteiger partial charge is 0.258 e. The van der Waals surface area contributed by atoms with Gasteiger partial charge in [0.1, 0.15) is 5.75 Å². The molecule has 2 N–H and O–H groups in total. The van der Waals surface area contributed by atoms with Gasteiger partial charge in [-0.1, -0.05) is 13.0 Å². The largest absolute Gasteiger partial charge is 0.493 e. The van der Waals surface area contributed by atoms with Crippen LogP contribution in [-0.2, 0) is 7.05 Å². The Kier molecular flexibility index (Phi) is 6.44. The maximum absolute atomic E-state index is 12.8. The average Bonchev–Trinajstić information content (AvgIpc) is 2.73. The first-order valence-electron chi connectivity index (χ1n) is 9.44. The van der Waals surface area contributed by atoms with Crippen molar-refractivity contribution in [3.8, 4) is 16.9 Å². The van der Waals surface area contributed by atoms with E-state index in [0.717, 1.165) is 44.7 Å². The molecule has 1 aromatic heterocycles. The number of aromatic nitrogens is 1. The molecule has 0 aliphatic rings. The third-order valence-electron chi connectivity index (χ3n) is 4.68. The van der Waals surface area contributed by atoms with Gasteiger partial charge in [-0.15, -0.1) is 12.6 Å². The molecule has 0 amide bonds. The Morgan fingerprint density at radius 3 is 2.69 bits per heavy atom. The predicted molar refractivity (Wildman–Crippen MR) is 124 cm³/mol. The first-order chi connectivity index (χ1) is 14.0. The van der Waals surface area contributed by atoms with Gasteiger partial charge in [0, 0.05) is 59.7 Å². The maximum atomic E-state index is 12.8. The second-order valence-corrected chi connectivity index (χ2v) is 7.27. The summed E-state index contributed by atoms with van der Waals surface area (Å²) in [6.45, 7) is 2.68. The number of nitrogens with two attached hydrogens (primary N) is 1. The molecule has 3 aromatic rings. The topological polar surface area (TPSA) is 69.6 Å². The molecule has 2 aromatic carbocycles. The lowest BCUT2D eigenvalue weighted by atomic mass is 9.96. The molecule has 0 unspecified atom stereocenters. The molecule has 0 atom stereocenters. The number of nitrogens with zero attached hydrogens (tertiary/aromatic N) is 2. The summed E-state index contributed by atoms with van der Waals surface area (Å²) in [5.74, 6) is 0.764. The first kappa shape index (κ1) is 20.7. The predicted octanol–water partition coefficient (Wildman–Crippen LogP) is 4.28. The summed E-state index contributed by atoms with van der Waals surface area (Å²) in [6, 6.07) is 11.5. The molecule has 5 nitrogen and oxygen atoms in total.